The Balaban J connectivity index is 2.90. The van der Waals surface area contributed by atoms with Crippen molar-refractivity contribution in [3.8, 4) is 0 Å². The zero-order valence-electron chi connectivity index (χ0n) is 14.2. The van der Waals surface area contributed by atoms with Gasteiger partial charge in [0.25, 0.3) is 0 Å². The van der Waals surface area contributed by atoms with E-state index in [2.05, 4.69) is 76.1 Å². The summed E-state index contributed by atoms with van der Waals surface area (Å²) in [5.74, 6) is 0. The Kier molecular flexibility index (Phi) is 7.25. The molecule has 0 saturated carbocycles. The molecule has 0 aliphatic rings. The van der Waals surface area contributed by atoms with E-state index in [9.17, 15) is 0 Å². The summed E-state index contributed by atoms with van der Waals surface area (Å²) < 4.78 is 0. The Morgan fingerprint density at radius 2 is 1.00 bits per heavy atom. The van der Waals surface area contributed by atoms with Crippen LogP contribution in [0.2, 0.25) is 0 Å². The molecule has 0 spiro atoms. The van der Waals surface area contributed by atoms with Gasteiger partial charge in [0.2, 0.25) is 0 Å². The Morgan fingerprint density at radius 1 is 0.700 bits per heavy atom. The highest BCUT2D eigenvalue weighted by atomic mass is 15.1. The average molecular weight is 276 g/mol. The number of rotatable bonds is 8. The van der Waals surface area contributed by atoms with Gasteiger partial charge < -0.3 is 9.80 Å². The largest absolute Gasteiger partial charge is 0.302 e. The molecule has 0 N–H and O–H groups in total. The molecule has 1 aromatic carbocycles. The molecule has 0 bridgehead atoms. The van der Waals surface area contributed by atoms with Crippen molar-refractivity contribution in [3.05, 3.63) is 35.4 Å². The second-order valence-corrected chi connectivity index (χ2v) is 6.20. The van der Waals surface area contributed by atoms with Crippen molar-refractivity contribution in [1.29, 1.82) is 0 Å². The Bertz CT molecular complexity index is 331. The van der Waals surface area contributed by atoms with Crippen LogP contribution in [-0.4, -0.2) is 38.0 Å². The SMILES string of the molecule is CCC[C@H](c1ccc([C@H](CCC)N(C)C)cc1)N(C)C. The zero-order valence-corrected chi connectivity index (χ0v) is 14.2. The van der Waals surface area contributed by atoms with Crippen molar-refractivity contribution in [2.45, 2.75) is 51.6 Å². The maximum atomic E-state index is 2.33. The van der Waals surface area contributed by atoms with E-state index in [1.165, 1.54) is 36.8 Å². The predicted octanol–water partition coefficient (Wildman–Crippen LogP) is 4.49. The molecule has 1 rings (SSSR count). The van der Waals surface area contributed by atoms with Crippen LogP contribution in [0.5, 0.6) is 0 Å². The lowest BCUT2D eigenvalue weighted by Crippen LogP contribution is -2.21. The molecule has 20 heavy (non-hydrogen) atoms. The smallest absolute Gasteiger partial charge is 0.0341 e. The summed E-state index contributed by atoms with van der Waals surface area (Å²) >= 11 is 0. The lowest BCUT2D eigenvalue weighted by Gasteiger charge is -2.27. The third-order valence-corrected chi connectivity index (χ3v) is 4.08. The normalized spacial score (nSPS) is 14.8. The van der Waals surface area contributed by atoms with Gasteiger partial charge in [0.15, 0.2) is 0 Å². The average Bonchev–Trinajstić information content (AvgIpc) is 2.42. The number of nitrogens with zero attached hydrogens (tertiary/aromatic N) is 2. The van der Waals surface area contributed by atoms with E-state index in [4.69, 9.17) is 0 Å². The van der Waals surface area contributed by atoms with Crippen molar-refractivity contribution in [2.24, 2.45) is 0 Å². The van der Waals surface area contributed by atoms with Crippen molar-refractivity contribution in [2.75, 3.05) is 28.2 Å². The molecule has 0 radical (unpaired) electrons. The first kappa shape index (κ1) is 17.2. The molecular formula is C18H32N2. The van der Waals surface area contributed by atoms with Gasteiger partial charge in [-0.3, -0.25) is 0 Å². The summed E-state index contributed by atoms with van der Waals surface area (Å²) in [5.41, 5.74) is 2.88. The van der Waals surface area contributed by atoms with Gasteiger partial charge >= 0.3 is 0 Å². The third kappa shape index (κ3) is 4.60. The van der Waals surface area contributed by atoms with E-state index in [-0.39, 0.29) is 0 Å². The zero-order chi connectivity index (χ0) is 15.1. The van der Waals surface area contributed by atoms with Gasteiger partial charge in [0, 0.05) is 12.1 Å². The molecule has 0 fully saturated rings. The Hall–Kier alpha value is -0.860. The van der Waals surface area contributed by atoms with Crippen LogP contribution in [0.25, 0.3) is 0 Å². The minimum absolute atomic E-state index is 0.540. The van der Waals surface area contributed by atoms with Gasteiger partial charge in [-0.1, -0.05) is 51.0 Å². The number of benzene rings is 1. The predicted molar refractivity (Wildman–Crippen MR) is 89.1 cm³/mol. The first-order valence-corrected chi connectivity index (χ1v) is 7.93. The summed E-state index contributed by atoms with van der Waals surface area (Å²) in [6, 6.07) is 10.4. The minimum atomic E-state index is 0.540. The molecule has 0 saturated heterocycles. The minimum Gasteiger partial charge on any atom is -0.302 e. The fourth-order valence-electron chi connectivity index (χ4n) is 2.93. The molecule has 2 nitrogen and oxygen atoms in total. The monoisotopic (exact) mass is 276 g/mol. The van der Waals surface area contributed by atoms with Gasteiger partial charge in [-0.05, 0) is 52.2 Å². The molecule has 0 aromatic heterocycles. The van der Waals surface area contributed by atoms with Gasteiger partial charge in [0.05, 0.1) is 0 Å². The number of hydrogen-bond donors (Lipinski definition) is 0. The standard InChI is InChI=1S/C18H32N2/c1-7-9-17(19(3)4)15-11-13-16(14-12-15)18(10-8-2)20(5)6/h11-14,17-18H,7-10H2,1-6H3/t17-,18+. The molecule has 2 atom stereocenters. The maximum Gasteiger partial charge on any atom is 0.0341 e. The van der Waals surface area contributed by atoms with Gasteiger partial charge in [-0.2, -0.15) is 0 Å². The highest BCUT2D eigenvalue weighted by Crippen LogP contribution is 2.28. The van der Waals surface area contributed by atoms with Gasteiger partial charge in [-0.15, -0.1) is 0 Å². The van der Waals surface area contributed by atoms with Crippen LogP contribution in [0.15, 0.2) is 24.3 Å². The first-order valence-electron chi connectivity index (χ1n) is 7.93. The third-order valence-electron chi connectivity index (χ3n) is 4.08. The van der Waals surface area contributed by atoms with Crippen LogP contribution in [-0.2, 0) is 0 Å². The summed E-state index contributed by atoms with van der Waals surface area (Å²) in [4.78, 5) is 4.65. The van der Waals surface area contributed by atoms with E-state index in [0.717, 1.165) is 0 Å². The highest BCUT2D eigenvalue weighted by molar-refractivity contribution is 5.27. The fraction of sp³-hybridized carbons (Fsp3) is 0.667. The lowest BCUT2D eigenvalue weighted by atomic mass is 9.96. The van der Waals surface area contributed by atoms with Crippen LogP contribution >= 0.6 is 0 Å². The van der Waals surface area contributed by atoms with Crippen molar-refractivity contribution < 1.29 is 0 Å². The van der Waals surface area contributed by atoms with Crippen LogP contribution in [0, 0.1) is 0 Å². The van der Waals surface area contributed by atoms with Crippen molar-refractivity contribution in [1.82, 2.24) is 9.80 Å². The molecule has 0 heterocycles. The maximum absolute atomic E-state index is 2.33. The van der Waals surface area contributed by atoms with Crippen molar-refractivity contribution in [3.63, 3.8) is 0 Å². The molecule has 1 aromatic rings. The second-order valence-electron chi connectivity index (χ2n) is 6.20. The molecule has 0 aliphatic carbocycles. The highest BCUT2D eigenvalue weighted by Gasteiger charge is 2.16. The molecule has 0 unspecified atom stereocenters. The molecule has 0 amide bonds. The van der Waals surface area contributed by atoms with Crippen molar-refractivity contribution >= 4 is 0 Å². The van der Waals surface area contributed by atoms with Crippen LogP contribution in [0.1, 0.15) is 62.7 Å². The van der Waals surface area contributed by atoms with E-state index < -0.39 is 0 Å². The molecular weight excluding hydrogens is 244 g/mol. The second kappa shape index (κ2) is 8.43. The van der Waals surface area contributed by atoms with E-state index in [1.807, 2.05) is 0 Å². The lowest BCUT2D eigenvalue weighted by molar-refractivity contribution is 0.278. The van der Waals surface area contributed by atoms with E-state index >= 15 is 0 Å². The first-order chi connectivity index (χ1) is 9.51. The molecule has 114 valence electrons. The quantitative estimate of drug-likeness (QED) is 0.690. The fourth-order valence-corrected chi connectivity index (χ4v) is 2.93. The van der Waals surface area contributed by atoms with E-state index in [0.29, 0.717) is 12.1 Å². The molecule has 0 aliphatic heterocycles. The van der Waals surface area contributed by atoms with Crippen LogP contribution in [0.3, 0.4) is 0 Å². The molecule has 2 heteroatoms. The summed E-state index contributed by atoms with van der Waals surface area (Å²) in [7, 11) is 8.70. The summed E-state index contributed by atoms with van der Waals surface area (Å²) in [6.07, 6.45) is 4.89. The van der Waals surface area contributed by atoms with Crippen LogP contribution in [0.4, 0.5) is 0 Å². The van der Waals surface area contributed by atoms with Gasteiger partial charge in [-0.25, -0.2) is 0 Å². The number of hydrogen-bond acceptors (Lipinski definition) is 2. The topological polar surface area (TPSA) is 6.48 Å². The Labute approximate surface area is 125 Å². The van der Waals surface area contributed by atoms with Gasteiger partial charge in [0.1, 0.15) is 0 Å². The van der Waals surface area contributed by atoms with Crippen LogP contribution < -0.4 is 0 Å². The Morgan fingerprint density at radius 3 is 1.20 bits per heavy atom. The van der Waals surface area contributed by atoms with E-state index in [1.54, 1.807) is 0 Å². The summed E-state index contributed by atoms with van der Waals surface area (Å²) in [5, 5.41) is 0. The summed E-state index contributed by atoms with van der Waals surface area (Å²) in [6.45, 7) is 4.52.